The second-order valence-electron chi connectivity index (χ2n) is 5.82. The van der Waals surface area contributed by atoms with Crippen LogP contribution in [0.3, 0.4) is 0 Å². The van der Waals surface area contributed by atoms with E-state index in [1.807, 2.05) is 35.2 Å². The molecule has 0 bridgehead atoms. The number of thiazole rings is 1. The maximum atomic E-state index is 12.5. The van der Waals surface area contributed by atoms with Crippen LogP contribution in [0.15, 0.2) is 52.9 Å². The molecule has 1 aliphatic rings. The number of fused-ring (bicyclic) bond motifs is 2. The van der Waals surface area contributed by atoms with Crippen molar-refractivity contribution in [3.05, 3.63) is 54.1 Å². The van der Waals surface area contributed by atoms with E-state index < -0.39 is 0 Å². The van der Waals surface area contributed by atoms with Crippen LogP contribution in [-0.4, -0.2) is 23.2 Å². The zero-order valence-corrected chi connectivity index (χ0v) is 14.9. The Labute approximate surface area is 149 Å². The lowest BCUT2D eigenvalue weighted by Crippen LogP contribution is -2.28. The number of rotatable bonds is 5. The SMILES string of the molecule is O=C(CCCSc1nc2ccccc2s1)N1CCc2ccccc21. The van der Waals surface area contributed by atoms with Crippen LogP contribution in [-0.2, 0) is 11.2 Å². The molecule has 0 spiro atoms. The fourth-order valence-corrected chi connectivity index (χ4v) is 5.11. The van der Waals surface area contributed by atoms with Crippen molar-refractivity contribution in [1.29, 1.82) is 0 Å². The van der Waals surface area contributed by atoms with E-state index >= 15 is 0 Å². The summed E-state index contributed by atoms with van der Waals surface area (Å²) in [4.78, 5) is 19.0. The molecule has 0 aliphatic carbocycles. The number of aromatic nitrogens is 1. The van der Waals surface area contributed by atoms with Gasteiger partial charge < -0.3 is 4.90 Å². The molecule has 0 saturated heterocycles. The predicted molar refractivity (Wildman–Crippen MR) is 102 cm³/mol. The molecular weight excluding hydrogens is 336 g/mol. The van der Waals surface area contributed by atoms with Gasteiger partial charge in [-0.05, 0) is 36.6 Å². The standard InChI is InChI=1S/C19H18N2OS2/c22-18(21-12-11-14-6-1-3-8-16(14)21)10-5-13-23-19-20-15-7-2-4-9-17(15)24-19/h1-4,6-9H,5,10-13H2. The van der Waals surface area contributed by atoms with Gasteiger partial charge in [0.05, 0.1) is 10.2 Å². The maximum absolute atomic E-state index is 12.5. The molecule has 4 rings (SSSR count). The third-order valence-corrected chi connectivity index (χ3v) is 6.49. The van der Waals surface area contributed by atoms with Gasteiger partial charge in [0.2, 0.25) is 5.91 Å². The number of hydrogen-bond acceptors (Lipinski definition) is 4. The number of hydrogen-bond donors (Lipinski definition) is 0. The molecule has 1 aromatic heterocycles. The molecule has 1 amide bonds. The minimum atomic E-state index is 0.241. The Morgan fingerprint density at radius 3 is 2.92 bits per heavy atom. The van der Waals surface area contributed by atoms with Crippen molar-refractivity contribution in [1.82, 2.24) is 4.98 Å². The van der Waals surface area contributed by atoms with Crippen molar-refractivity contribution in [2.45, 2.75) is 23.6 Å². The second-order valence-corrected chi connectivity index (χ2v) is 8.20. The summed E-state index contributed by atoms with van der Waals surface area (Å²) in [5.41, 5.74) is 3.45. The zero-order chi connectivity index (χ0) is 16.4. The van der Waals surface area contributed by atoms with Gasteiger partial charge in [-0.15, -0.1) is 11.3 Å². The number of thioether (sulfide) groups is 1. The van der Waals surface area contributed by atoms with Crippen molar-refractivity contribution < 1.29 is 4.79 Å². The molecule has 5 heteroatoms. The number of para-hydroxylation sites is 2. The maximum Gasteiger partial charge on any atom is 0.227 e. The highest BCUT2D eigenvalue weighted by molar-refractivity contribution is 8.01. The van der Waals surface area contributed by atoms with Gasteiger partial charge in [-0.1, -0.05) is 42.1 Å². The third kappa shape index (κ3) is 3.19. The van der Waals surface area contributed by atoms with Crippen LogP contribution in [0.4, 0.5) is 5.69 Å². The van der Waals surface area contributed by atoms with Crippen molar-refractivity contribution in [3.63, 3.8) is 0 Å². The highest BCUT2D eigenvalue weighted by atomic mass is 32.2. The Bertz CT molecular complexity index is 841. The summed E-state index contributed by atoms with van der Waals surface area (Å²) >= 11 is 3.48. The van der Waals surface area contributed by atoms with Crippen molar-refractivity contribution >= 4 is 44.9 Å². The van der Waals surface area contributed by atoms with Gasteiger partial charge in [0, 0.05) is 24.4 Å². The van der Waals surface area contributed by atoms with E-state index in [4.69, 9.17) is 0 Å². The quantitative estimate of drug-likeness (QED) is 0.489. The van der Waals surface area contributed by atoms with E-state index in [1.165, 1.54) is 10.3 Å². The number of anilines is 1. The average Bonchev–Trinajstić information content (AvgIpc) is 3.22. The lowest BCUT2D eigenvalue weighted by molar-refractivity contribution is -0.118. The van der Waals surface area contributed by atoms with Gasteiger partial charge >= 0.3 is 0 Å². The predicted octanol–water partition coefficient (Wildman–Crippen LogP) is 4.76. The van der Waals surface area contributed by atoms with Gasteiger partial charge in [-0.25, -0.2) is 4.98 Å². The van der Waals surface area contributed by atoms with E-state index in [1.54, 1.807) is 23.1 Å². The summed E-state index contributed by atoms with van der Waals surface area (Å²) in [7, 11) is 0. The number of benzene rings is 2. The van der Waals surface area contributed by atoms with Gasteiger partial charge in [0.25, 0.3) is 0 Å². The van der Waals surface area contributed by atoms with E-state index in [9.17, 15) is 4.79 Å². The molecule has 0 unspecified atom stereocenters. The summed E-state index contributed by atoms with van der Waals surface area (Å²) in [5, 5.41) is 0. The molecular formula is C19H18N2OS2. The molecule has 0 fully saturated rings. The Kier molecular flexibility index (Phi) is 4.54. The third-order valence-electron chi connectivity index (χ3n) is 4.22. The van der Waals surface area contributed by atoms with Gasteiger partial charge in [-0.3, -0.25) is 4.79 Å². The zero-order valence-electron chi connectivity index (χ0n) is 13.3. The van der Waals surface area contributed by atoms with Crippen LogP contribution in [0, 0.1) is 0 Å². The molecule has 3 aromatic rings. The minimum absolute atomic E-state index is 0.241. The molecule has 0 N–H and O–H groups in total. The summed E-state index contributed by atoms with van der Waals surface area (Å²) in [5.74, 6) is 1.17. The van der Waals surface area contributed by atoms with E-state index in [0.717, 1.165) is 40.7 Å². The molecule has 0 saturated carbocycles. The number of nitrogens with zero attached hydrogens (tertiary/aromatic N) is 2. The van der Waals surface area contributed by atoms with Crippen molar-refractivity contribution in [3.8, 4) is 0 Å². The summed E-state index contributed by atoms with van der Waals surface area (Å²) < 4.78 is 2.32. The topological polar surface area (TPSA) is 33.2 Å². The first kappa shape index (κ1) is 15.7. The summed E-state index contributed by atoms with van der Waals surface area (Å²) in [6, 6.07) is 16.4. The second kappa shape index (κ2) is 6.95. The number of carbonyl (C=O) groups excluding carboxylic acids is 1. The Morgan fingerprint density at radius 1 is 1.17 bits per heavy atom. The van der Waals surface area contributed by atoms with Crippen molar-refractivity contribution in [2.75, 3.05) is 17.2 Å². The molecule has 24 heavy (non-hydrogen) atoms. The summed E-state index contributed by atoms with van der Waals surface area (Å²) in [6.45, 7) is 0.823. The Balaban J connectivity index is 1.29. The molecule has 1 aliphatic heterocycles. The Morgan fingerprint density at radius 2 is 2.00 bits per heavy atom. The highest BCUT2D eigenvalue weighted by Crippen LogP contribution is 2.31. The van der Waals surface area contributed by atoms with Crippen LogP contribution in [0.2, 0.25) is 0 Å². The minimum Gasteiger partial charge on any atom is -0.312 e. The van der Waals surface area contributed by atoms with Crippen LogP contribution >= 0.6 is 23.1 Å². The van der Waals surface area contributed by atoms with Crippen LogP contribution < -0.4 is 4.90 Å². The first-order valence-electron chi connectivity index (χ1n) is 8.18. The monoisotopic (exact) mass is 354 g/mol. The molecule has 3 nitrogen and oxygen atoms in total. The normalized spacial score (nSPS) is 13.4. The van der Waals surface area contributed by atoms with Gasteiger partial charge in [-0.2, -0.15) is 0 Å². The fraction of sp³-hybridized carbons (Fsp3) is 0.263. The van der Waals surface area contributed by atoms with Gasteiger partial charge in [0.1, 0.15) is 0 Å². The summed E-state index contributed by atoms with van der Waals surface area (Å²) in [6.07, 6.45) is 2.46. The van der Waals surface area contributed by atoms with E-state index in [2.05, 4.69) is 23.2 Å². The van der Waals surface area contributed by atoms with E-state index in [-0.39, 0.29) is 5.91 Å². The van der Waals surface area contributed by atoms with Crippen molar-refractivity contribution in [2.24, 2.45) is 0 Å². The van der Waals surface area contributed by atoms with E-state index in [0.29, 0.717) is 6.42 Å². The van der Waals surface area contributed by atoms with Crippen LogP contribution in [0.5, 0.6) is 0 Å². The molecule has 0 radical (unpaired) electrons. The fourth-order valence-electron chi connectivity index (χ4n) is 3.03. The number of carbonyl (C=O) groups is 1. The lowest BCUT2D eigenvalue weighted by atomic mass is 10.2. The largest absolute Gasteiger partial charge is 0.312 e. The van der Waals surface area contributed by atoms with Crippen LogP contribution in [0.1, 0.15) is 18.4 Å². The Hall–Kier alpha value is -1.85. The molecule has 0 atom stereocenters. The lowest BCUT2D eigenvalue weighted by Gasteiger charge is -2.17. The average molecular weight is 355 g/mol. The van der Waals surface area contributed by atoms with Gasteiger partial charge in [0.15, 0.2) is 4.34 Å². The molecule has 2 aromatic carbocycles. The number of amides is 1. The smallest absolute Gasteiger partial charge is 0.227 e. The van der Waals surface area contributed by atoms with Crippen LogP contribution in [0.25, 0.3) is 10.2 Å². The highest BCUT2D eigenvalue weighted by Gasteiger charge is 2.23. The first-order chi connectivity index (χ1) is 11.8. The molecule has 122 valence electrons. The first-order valence-corrected chi connectivity index (χ1v) is 9.98. The molecule has 2 heterocycles.